The second-order valence-corrected chi connectivity index (χ2v) is 10.4. The number of likely N-dealkylation sites (tertiary alicyclic amines) is 1. The molecular formula is C22H33FN4O3. The van der Waals surface area contributed by atoms with Crippen LogP contribution >= 0.6 is 0 Å². The molecule has 0 spiro atoms. The van der Waals surface area contributed by atoms with E-state index in [9.17, 15) is 9.59 Å². The molecule has 0 radical (unpaired) electrons. The van der Waals surface area contributed by atoms with Crippen molar-refractivity contribution in [1.82, 2.24) is 19.0 Å². The molecule has 7 nitrogen and oxygen atoms in total. The third-order valence-electron chi connectivity index (χ3n) is 5.21. The number of amides is 1. The first-order chi connectivity index (χ1) is 13.8. The number of hydrogen-bond acceptors (Lipinski definition) is 4. The molecule has 0 saturated carbocycles. The van der Waals surface area contributed by atoms with E-state index in [1.165, 1.54) is 9.47 Å². The number of carbonyl (C=O) groups is 1. The molecule has 1 amide bonds. The lowest BCUT2D eigenvalue weighted by atomic mass is 9.91. The van der Waals surface area contributed by atoms with Gasteiger partial charge in [-0.1, -0.05) is 20.8 Å². The number of fused-ring (bicyclic) bond motifs is 1. The number of pyridine rings is 1. The molecule has 1 saturated heterocycles. The van der Waals surface area contributed by atoms with Crippen LogP contribution in [0.4, 0.5) is 9.18 Å². The van der Waals surface area contributed by atoms with Crippen LogP contribution in [0.1, 0.15) is 59.6 Å². The summed E-state index contributed by atoms with van der Waals surface area (Å²) >= 11 is 0. The number of aromatic nitrogens is 3. The maximum Gasteiger partial charge on any atom is 0.410 e. The second-order valence-electron chi connectivity index (χ2n) is 10.4. The molecular weight excluding hydrogens is 387 g/mol. The van der Waals surface area contributed by atoms with Gasteiger partial charge in [-0.2, -0.15) is 0 Å². The zero-order valence-corrected chi connectivity index (χ0v) is 19.0. The summed E-state index contributed by atoms with van der Waals surface area (Å²) in [6, 6.07) is 3.67. The van der Waals surface area contributed by atoms with Gasteiger partial charge in [-0.15, -0.1) is 0 Å². The van der Waals surface area contributed by atoms with E-state index in [1.807, 2.05) is 6.07 Å². The van der Waals surface area contributed by atoms with Gasteiger partial charge in [-0.3, -0.25) is 9.13 Å². The fraction of sp³-hybridized carbons (Fsp3) is 0.682. The maximum atomic E-state index is 15.0. The standard InChI is InChI=1S/C22H33FN4O3/c1-21(2,3)13-27-17-9-8-16(24-18(17)25(7)19(27)28)14-10-11-26(12-15(14)23)20(29)30-22(4,5)6/h8-9,14-15H,10-13H2,1-7H3. The number of alkyl halides is 1. The van der Waals surface area contributed by atoms with Gasteiger partial charge < -0.3 is 9.64 Å². The first-order valence-electron chi connectivity index (χ1n) is 10.4. The molecule has 3 heterocycles. The van der Waals surface area contributed by atoms with Crippen molar-refractivity contribution >= 4 is 17.3 Å². The zero-order valence-electron chi connectivity index (χ0n) is 19.0. The topological polar surface area (TPSA) is 69.4 Å². The van der Waals surface area contributed by atoms with E-state index in [1.54, 1.807) is 38.5 Å². The van der Waals surface area contributed by atoms with Crippen molar-refractivity contribution in [3.05, 3.63) is 28.3 Å². The SMILES string of the molecule is Cn1c(=O)n(CC(C)(C)C)c2ccc(C3CCN(C(=O)OC(C)(C)C)CC3F)nc21. The number of carbonyl (C=O) groups excluding carboxylic acids is 1. The maximum absolute atomic E-state index is 15.0. The molecule has 1 aliphatic rings. The summed E-state index contributed by atoms with van der Waals surface area (Å²) in [6.45, 7) is 12.6. The molecule has 0 aliphatic carbocycles. The molecule has 0 aromatic carbocycles. The molecule has 1 aliphatic heterocycles. The Kier molecular flexibility index (Phi) is 5.73. The molecule has 0 N–H and O–H groups in total. The third kappa shape index (κ3) is 4.68. The summed E-state index contributed by atoms with van der Waals surface area (Å²) in [5.74, 6) is -0.422. The number of aryl methyl sites for hydroxylation is 1. The van der Waals surface area contributed by atoms with Crippen molar-refractivity contribution in [2.75, 3.05) is 13.1 Å². The van der Waals surface area contributed by atoms with Gasteiger partial charge in [0.2, 0.25) is 0 Å². The zero-order chi connectivity index (χ0) is 22.4. The lowest BCUT2D eigenvalue weighted by Crippen LogP contribution is -2.46. The Morgan fingerprint density at radius 3 is 2.47 bits per heavy atom. The van der Waals surface area contributed by atoms with E-state index in [4.69, 9.17) is 4.74 Å². The lowest BCUT2D eigenvalue weighted by molar-refractivity contribution is 0.0109. The minimum atomic E-state index is -1.25. The quantitative estimate of drug-likeness (QED) is 0.740. The number of halogens is 1. The van der Waals surface area contributed by atoms with Crippen molar-refractivity contribution in [3.63, 3.8) is 0 Å². The van der Waals surface area contributed by atoms with Gasteiger partial charge in [0.1, 0.15) is 11.8 Å². The number of ether oxygens (including phenoxy) is 1. The lowest BCUT2D eigenvalue weighted by Gasteiger charge is -2.35. The molecule has 8 heteroatoms. The van der Waals surface area contributed by atoms with E-state index in [-0.39, 0.29) is 17.6 Å². The van der Waals surface area contributed by atoms with Crippen LogP contribution in [0, 0.1) is 5.41 Å². The second kappa shape index (κ2) is 7.71. The van der Waals surface area contributed by atoms with Crippen LogP contribution in [0.5, 0.6) is 0 Å². The minimum absolute atomic E-state index is 0.0245. The monoisotopic (exact) mass is 420 g/mol. The average molecular weight is 421 g/mol. The van der Waals surface area contributed by atoms with Crippen molar-refractivity contribution in [3.8, 4) is 0 Å². The summed E-state index contributed by atoms with van der Waals surface area (Å²) in [7, 11) is 1.69. The summed E-state index contributed by atoms with van der Waals surface area (Å²) < 4.78 is 23.6. The van der Waals surface area contributed by atoms with Crippen LogP contribution in [0.3, 0.4) is 0 Å². The first kappa shape index (κ1) is 22.3. The minimum Gasteiger partial charge on any atom is -0.444 e. The average Bonchev–Trinajstić information content (AvgIpc) is 2.83. The molecule has 1 fully saturated rings. The largest absolute Gasteiger partial charge is 0.444 e. The van der Waals surface area contributed by atoms with Gasteiger partial charge >= 0.3 is 11.8 Å². The number of rotatable bonds is 2. The van der Waals surface area contributed by atoms with Crippen molar-refractivity contribution in [2.45, 2.75) is 72.2 Å². The van der Waals surface area contributed by atoms with E-state index >= 15 is 4.39 Å². The highest BCUT2D eigenvalue weighted by atomic mass is 19.1. The summed E-state index contributed by atoms with van der Waals surface area (Å²) in [5.41, 5.74) is 1.13. The number of hydrogen-bond donors (Lipinski definition) is 0. The van der Waals surface area contributed by atoms with Crippen molar-refractivity contribution in [1.29, 1.82) is 0 Å². The summed E-state index contributed by atoms with van der Waals surface area (Å²) in [5, 5.41) is 0. The van der Waals surface area contributed by atoms with Crippen LogP contribution < -0.4 is 5.69 Å². The number of piperidine rings is 1. The Morgan fingerprint density at radius 1 is 1.23 bits per heavy atom. The van der Waals surface area contributed by atoms with Crippen LogP contribution in [-0.4, -0.2) is 50.0 Å². The van der Waals surface area contributed by atoms with Crippen LogP contribution in [0.15, 0.2) is 16.9 Å². The fourth-order valence-corrected chi connectivity index (χ4v) is 3.85. The number of imidazole rings is 1. The smallest absolute Gasteiger partial charge is 0.410 e. The highest BCUT2D eigenvalue weighted by Crippen LogP contribution is 2.31. The Bertz CT molecular complexity index is 997. The summed E-state index contributed by atoms with van der Waals surface area (Å²) in [4.78, 5) is 31.0. The number of nitrogens with zero attached hydrogens (tertiary/aromatic N) is 4. The van der Waals surface area contributed by atoms with Gasteiger partial charge in [-0.05, 0) is 44.7 Å². The predicted octanol–water partition coefficient (Wildman–Crippen LogP) is 3.84. The van der Waals surface area contributed by atoms with Gasteiger partial charge in [0, 0.05) is 31.7 Å². The van der Waals surface area contributed by atoms with E-state index in [2.05, 4.69) is 25.8 Å². The van der Waals surface area contributed by atoms with Crippen molar-refractivity contribution in [2.24, 2.45) is 12.5 Å². The fourth-order valence-electron chi connectivity index (χ4n) is 3.85. The van der Waals surface area contributed by atoms with Gasteiger partial charge in [-0.25, -0.2) is 19.0 Å². The van der Waals surface area contributed by atoms with E-state index in [0.717, 1.165) is 5.52 Å². The summed E-state index contributed by atoms with van der Waals surface area (Å²) in [6.07, 6.45) is -1.28. The molecule has 2 atom stereocenters. The van der Waals surface area contributed by atoms with Crippen LogP contribution in [0.25, 0.3) is 11.2 Å². The third-order valence-corrected chi connectivity index (χ3v) is 5.21. The Morgan fingerprint density at radius 2 is 1.90 bits per heavy atom. The first-order valence-corrected chi connectivity index (χ1v) is 10.4. The normalized spacial score (nSPS) is 20.6. The van der Waals surface area contributed by atoms with Crippen LogP contribution in [-0.2, 0) is 18.3 Å². The highest BCUT2D eigenvalue weighted by Gasteiger charge is 2.35. The molecule has 30 heavy (non-hydrogen) atoms. The Hall–Kier alpha value is -2.38. The van der Waals surface area contributed by atoms with E-state index in [0.29, 0.717) is 30.9 Å². The molecule has 3 rings (SSSR count). The van der Waals surface area contributed by atoms with Crippen LogP contribution in [0.2, 0.25) is 0 Å². The Balaban J connectivity index is 1.84. The van der Waals surface area contributed by atoms with Gasteiger partial charge in [0.25, 0.3) is 0 Å². The van der Waals surface area contributed by atoms with Gasteiger partial charge in [0.05, 0.1) is 12.1 Å². The molecule has 2 aromatic rings. The molecule has 0 bridgehead atoms. The Labute approximate surface area is 176 Å². The molecule has 166 valence electrons. The highest BCUT2D eigenvalue weighted by molar-refractivity contribution is 5.72. The predicted molar refractivity (Wildman–Crippen MR) is 114 cm³/mol. The van der Waals surface area contributed by atoms with E-state index < -0.39 is 23.8 Å². The van der Waals surface area contributed by atoms with Crippen molar-refractivity contribution < 1.29 is 13.9 Å². The molecule has 2 unspecified atom stereocenters. The van der Waals surface area contributed by atoms with Gasteiger partial charge in [0.15, 0.2) is 5.65 Å². The molecule has 2 aromatic heterocycles.